The molecule has 1 heterocycles. The Labute approximate surface area is 118 Å². The zero-order valence-electron chi connectivity index (χ0n) is 11.2. The van der Waals surface area contributed by atoms with Crippen LogP contribution in [0.15, 0.2) is 24.3 Å². The zero-order chi connectivity index (χ0) is 13.8. The number of carbonyl (C=O) groups excluding carboxylic acids is 1. The molecule has 1 aromatic rings. The molecule has 0 bridgehead atoms. The lowest BCUT2D eigenvalue weighted by atomic mass is 10.1. The van der Waals surface area contributed by atoms with E-state index in [0.717, 1.165) is 12.1 Å². The lowest BCUT2D eigenvalue weighted by Gasteiger charge is -2.23. The third kappa shape index (κ3) is 3.22. The molecule has 19 heavy (non-hydrogen) atoms. The van der Waals surface area contributed by atoms with E-state index in [2.05, 4.69) is 10.6 Å². The molecular formula is C14H20N2O2S. The van der Waals surface area contributed by atoms with E-state index in [1.165, 1.54) is 5.56 Å². The largest absolute Gasteiger partial charge is 0.395 e. The molecule has 0 radical (unpaired) electrons. The average Bonchev–Trinajstić information content (AvgIpc) is 2.84. The summed E-state index contributed by atoms with van der Waals surface area (Å²) in [5.74, 6) is -0.00352. The van der Waals surface area contributed by atoms with Gasteiger partial charge in [0.2, 0.25) is 5.91 Å². The van der Waals surface area contributed by atoms with Gasteiger partial charge >= 0.3 is 0 Å². The van der Waals surface area contributed by atoms with E-state index in [0.29, 0.717) is 0 Å². The predicted octanol–water partition coefficient (Wildman–Crippen LogP) is 1.25. The highest BCUT2D eigenvalue weighted by Gasteiger charge is 2.28. The van der Waals surface area contributed by atoms with Crippen LogP contribution in [0.1, 0.15) is 12.5 Å². The van der Waals surface area contributed by atoms with Crippen molar-refractivity contribution >= 4 is 23.4 Å². The molecule has 104 valence electrons. The lowest BCUT2D eigenvalue weighted by Crippen LogP contribution is -2.47. The fourth-order valence-electron chi connectivity index (χ4n) is 2.31. The highest BCUT2D eigenvalue weighted by atomic mass is 32.2. The minimum absolute atomic E-state index is 0.00352. The molecule has 0 saturated heterocycles. The molecule has 1 aliphatic rings. The van der Waals surface area contributed by atoms with Gasteiger partial charge in [0.15, 0.2) is 0 Å². The summed E-state index contributed by atoms with van der Waals surface area (Å²) in [6, 6.07) is 7.73. The summed E-state index contributed by atoms with van der Waals surface area (Å²) >= 11 is 1.56. The Morgan fingerprint density at radius 2 is 2.32 bits per heavy atom. The molecule has 3 atom stereocenters. The lowest BCUT2D eigenvalue weighted by molar-refractivity contribution is -0.122. The third-order valence-electron chi connectivity index (χ3n) is 3.50. The Morgan fingerprint density at radius 3 is 2.95 bits per heavy atom. The maximum Gasteiger partial charge on any atom is 0.243 e. The topological polar surface area (TPSA) is 61.4 Å². The summed E-state index contributed by atoms with van der Waals surface area (Å²) in [7, 11) is 0. The first kappa shape index (κ1) is 14.2. The second-order valence-electron chi connectivity index (χ2n) is 4.81. The van der Waals surface area contributed by atoms with E-state index >= 15 is 0 Å². The zero-order valence-corrected chi connectivity index (χ0v) is 12.0. The number of hydrogen-bond donors (Lipinski definition) is 3. The SMILES string of the molecule is CSC(CO)C(C)NC(=O)[C@@H]1Cc2ccccc2N1. The molecule has 2 rings (SSSR count). The van der Waals surface area contributed by atoms with Crippen LogP contribution < -0.4 is 10.6 Å². The number of hydrogen-bond acceptors (Lipinski definition) is 4. The van der Waals surface area contributed by atoms with Crippen LogP contribution in [0.25, 0.3) is 0 Å². The van der Waals surface area contributed by atoms with Gasteiger partial charge in [-0.2, -0.15) is 11.8 Å². The molecule has 2 unspecified atom stereocenters. The number of amides is 1. The van der Waals surface area contributed by atoms with Crippen LogP contribution >= 0.6 is 11.8 Å². The summed E-state index contributed by atoms with van der Waals surface area (Å²) in [5, 5.41) is 15.5. The van der Waals surface area contributed by atoms with E-state index in [4.69, 9.17) is 0 Å². The van der Waals surface area contributed by atoms with Gasteiger partial charge < -0.3 is 15.7 Å². The quantitative estimate of drug-likeness (QED) is 0.760. The van der Waals surface area contributed by atoms with E-state index in [1.54, 1.807) is 11.8 Å². The summed E-state index contributed by atoms with van der Waals surface area (Å²) in [6.45, 7) is 2.00. The van der Waals surface area contributed by atoms with Crippen molar-refractivity contribution in [2.75, 3.05) is 18.2 Å². The van der Waals surface area contributed by atoms with Gasteiger partial charge in [0.05, 0.1) is 6.61 Å². The number of nitrogens with one attached hydrogen (secondary N) is 2. The van der Waals surface area contributed by atoms with Gasteiger partial charge in [0.1, 0.15) is 6.04 Å². The number of aliphatic hydroxyl groups is 1. The Kier molecular flexibility index (Phi) is 4.71. The van der Waals surface area contributed by atoms with Crippen molar-refractivity contribution in [3.05, 3.63) is 29.8 Å². The number of rotatable bonds is 5. The predicted molar refractivity (Wildman–Crippen MR) is 79.6 cm³/mol. The first-order chi connectivity index (χ1) is 9.15. The van der Waals surface area contributed by atoms with Crippen LogP contribution in [0.2, 0.25) is 0 Å². The van der Waals surface area contributed by atoms with E-state index < -0.39 is 0 Å². The van der Waals surface area contributed by atoms with Crippen LogP contribution in [-0.2, 0) is 11.2 Å². The minimum Gasteiger partial charge on any atom is -0.395 e. The summed E-state index contributed by atoms with van der Waals surface area (Å²) < 4.78 is 0. The fraction of sp³-hybridized carbons (Fsp3) is 0.500. The van der Waals surface area contributed by atoms with Crippen molar-refractivity contribution in [3.8, 4) is 0 Å². The molecular weight excluding hydrogens is 260 g/mol. The van der Waals surface area contributed by atoms with E-state index in [-0.39, 0.29) is 29.8 Å². The van der Waals surface area contributed by atoms with E-state index in [9.17, 15) is 9.90 Å². The number of fused-ring (bicyclic) bond motifs is 1. The Morgan fingerprint density at radius 1 is 1.58 bits per heavy atom. The molecule has 0 fully saturated rings. The standard InChI is InChI=1S/C14H20N2O2S/c1-9(13(8-17)19-2)15-14(18)12-7-10-5-3-4-6-11(10)16-12/h3-6,9,12-13,16-17H,7-8H2,1-2H3,(H,15,18)/t9?,12-,13?/m0/s1. The smallest absolute Gasteiger partial charge is 0.243 e. The molecule has 1 aromatic carbocycles. The van der Waals surface area contributed by atoms with Crippen LogP contribution in [0.3, 0.4) is 0 Å². The summed E-state index contributed by atoms with van der Waals surface area (Å²) in [6.07, 6.45) is 2.66. The Balaban J connectivity index is 1.93. The monoisotopic (exact) mass is 280 g/mol. The maximum absolute atomic E-state index is 12.2. The minimum atomic E-state index is -0.207. The number of para-hydroxylation sites is 1. The summed E-state index contributed by atoms with van der Waals surface area (Å²) in [5.41, 5.74) is 2.22. The van der Waals surface area contributed by atoms with Crippen LogP contribution in [0.5, 0.6) is 0 Å². The molecule has 0 aromatic heterocycles. The molecule has 0 spiro atoms. The van der Waals surface area contributed by atoms with Crippen molar-refractivity contribution in [2.24, 2.45) is 0 Å². The van der Waals surface area contributed by atoms with Crippen molar-refractivity contribution in [1.82, 2.24) is 5.32 Å². The van der Waals surface area contributed by atoms with E-state index in [1.807, 2.05) is 37.4 Å². The van der Waals surface area contributed by atoms with Gasteiger partial charge in [-0.15, -0.1) is 0 Å². The first-order valence-electron chi connectivity index (χ1n) is 6.44. The highest BCUT2D eigenvalue weighted by molar-refractivity contribution is 7.99. The van der Waals surface area contributed by atoms with Gasteiger partial charge in [-0.25, -0.2) is 0 Å². The molecule has 1 aliphatic heterocycles. The highest BCUT2D eigenvalue weighted by Crippen LogP contribution is 2.25. The van der Waals surface area contributed by atoms with Crippen LogP contribution in [0.4, 0.5) is 5.69 Å². The van der Waals surface area contributed by atoms with Crippen molar-refractivity contribution < 1.29 is 9.90 Å². The van der Waals surface area contributed by atoms with Crippen LogP contribution in [0, 0.1) is 0 Å². The van der Waals surface area contributed by atoms with Crippen molar-refractivity contribution in [1.29, 1.82) is 0 Å². The molecule has 0 saturated carbocycles. The molecule has 5 heteroatoms. The first-order valence-corrected chi connectivity index (χ1v) is 7.73. The normalized spacial score (nSPS) is 20.3. The number of thioether (sulfide) groups is 1. The number of carbonyl (C=O) groups is 1. The molecule has 4 nitrogen and oxygen atoms in total. The van der Waals surface area contributed by atoms with Gasteiger partial charge in [0.25, 0.3) is 0 Å². The Hall–Kier alpha value is -1.20. The average molecular weight is 280 g/mol. The maximum atomic E-state index is 12.2. The van der Waals surface area contributed by atoms with Gasteiger partial charge in [-0.05, 0) is 24.8 Å². The number of anilines is 1. The number of benzene rings is 1. The van der Waals surface area contributed by atoms with Crippen molar-refractivity contribution in [2.45, 2.75) is 30.7 Å². The third-order valence-corrected chi connectivity index (χ3v) is 4.66. The van der Waals surface area contributed by atoms with Gasteiger partial charge in [-0.3, -0.25) is 4.79 Å². The molecule has 1 amide bonds. The fourth-order valence-corrected chi connectivity index (χ4v) is 2.94. The van der Waals surface area contributed by atoms with Gasteiger partial charge in [0, 0.05) is 23.4 Å². The second kappa shape index (κ2) is 6.30. The number of aliphatic hydroxyl groups excluding tert-OH is 1. The van der Waals surface area contributed by atoms with Crippen molar-refractivity contribution in [3.63, 3.8) is 0 Å². The summed E-state index contributed by atoms with van der Waals surface area (Å²) in [4.78, 5) is 12.2. The van der Waals surface area contributed by atoms with Crippen LogP contribution in [-0.4, -0.2) is 41.2 Å². The van der Waals surface area contributed by atoms with Gasteiger partial charge in [-0.1, -0.05) is 18.2 Å². The molecule has 3 N–H and O–H groups in total. The molecule has 0 aliphatic carbocycles. The Bertz CT molecular complexity index is 424. The second-order valence-corrected chi connectivity index (χ2v) is 5.89.